The maximum atomic E-state index is 5.64. The van der Waals surface area contributed by atoms with Gasteiger partial charge >= 0.3 is 0 Å². The minimum atomic E-state index is 0.246. The van der Waals surface area contributed by atoms with Gasteiger partial charge in [0.15, 0.2) is 0 Å². The Morgan fingerprint density at radius 1 is 1.50 bits per heavy atom. The largest absolute Gasteiger partial charge is 0.375 e. The fraction of sp³-hybridized carbons (Fsp3) is 1.00. The SMILES string of the molecule is CCCCC1(C)CCCO1. The zero-order valence-corrected chi connectivity index (χ0v) is 7.15. The van der Waals surface area contributed by atoms with Crippen molar-refractivity contribution in [2.45, 2.75) is 51.6 Å². The van der Waals surface area contributed by atoms with Crippen LogP contribution in [0, 0.1) is 0 Å². The van der Waals surface area contributed by atoms with E-state index in [1.54, 1.807) is 0 Å². The van der Waals surface area contributed by atoms with Crippen LogP contribution in [0.5, 0.6) is 0 Å². The van der Waals surface area contributed by atoms with Crippen LogP contribution in [-0.4, -0.2) is 12.2 Å². The molecule has 0 amide bonds. The second kappa shape index (κ2) is 3.38. The first-order chi connectivity index (χ1) is 4.77. The second-order valence-electron chi connectivity index (χ2n) is 3.51. The Balaban J connectivity index is 2.22. The molecule has 1 atom stereocenters. The molecule has 1 fully saturated rings. The van der Waals surface area contributed by atoms with Crippen molar-refractivity contribution in [2.75, 3.05) is 6.61 Å². The van der Waals surface area contributed by atoms with Crippen LogP contribution in [0.15, 0.2) is 0 Å². The van der Waals surface area contributed by atoms with Crippen LogP contribution in [0.3, 0.4) is 0 Å². The lowest BCUT2D eigenvalue weighted by Crippen LogP contribution is -2.22. The van der Waals surface area contributed by atoms with Crippen molar-refractivity contribution in [3.8, 4) is 0 Å². The van der Waals surface area contributed by atoms with Crippen LogP contribution < -0.4 is 0 Å². The van der Waals surface area contributed by atoms with Gasteiger partial charge in [-0.15, -0.1) is 0 Å². The highest BCUT2D eigenvalue weighted by Gasteiger charge is 2.28. The Labute approximate surface area is 63.8 Å². The smallest absolute Gasteiger partial charge is 0.0655 e. The van der Waals surface area contributed by atoms with Gasteiger partial charge in [0.1, 0.15) is 0 Å². The van der Waals surface area contributed by atoms with E-state index >= 15 is 0 Å². The summed E-state index contributed by atoms with van der Waals surface area (Å²) in [5.74, 6) is 0. The molecule has 1 heteroatoms. The fourth-order valence-electron chi connectivity index (χ4n) is 1.58. The predicted molar refractivity (Wildman–Crippen MR) is 43.1 cm³/mol. The maximum Gasteiger partial charge on any atom is 0.0655 e. The number of hydrogen-bond donors (Lipinski definition) is 0. The van der Waals surface area contributed by atoms with Gasteiger partial charge in [-0.2, -0.15) is 0 Å². The van der Waals surface area contributed by atoms with Gasteiger partial charge in [-0.1, -0.05) is 19.8 Å². The summed E-state index contributed by atoms with van der Waals surface area (Å²) in [6, 6.07) is 0. The summed E-state index contributed by atoms with van der Waals surface area (Å²) < 4.78 is 5.64. The summed E-state index contributed by atoms with van der Waals surface area (Å²) >= 11 is 0. The quantitative estimate of drug-likeness (QED) is 0.588. The molecule has 1 saturated heterocycles. The third-order valence-corrected chi connectivity index (χ3v) is 2.36. The summed E-state index contributed by atoms with van der Waals surface area (Å²) in [7, 11) is 0. The van der Waals surface area contributed by atoms with Crippen LogP contribution in [0.1, 0.15) is 46.0 Å². The van der Waals surface area contributed by atoms with Gasteiger partial charge in [0.25, 0.3) is 0 Å². The molecule has 0 aliphatic carbocycles. The molecule has 0 N–H and O–H groups in total. The Hall–Kier alpha value is -0.0400. The third kappa shape index (κ3) is 1.98. The Morgan fingerprint density at radius 2 is 2.30 bits per heavy atom. The van der Waals surface area contributed by atoms with Crippen molar-refractivity contribution in [3.05, 3.63) is 0 Å². The first-order valence-corrected chi connectivity index (χ1v) is 4.41. The summed E-state index contributed by atoms with van der Waals surface area (Å²) in [5, 5.41) is 0. The summed E-state index contributed by atoms with van der Waals surface area (Å²) in [6.45, 7) is 5.47. The van der Waals surface area contributed by atoms with Crippen LogP contribution in [0.4, 0.5) is 0 Å². The highest BCUT2D eigenvalue weighted by atomic mass is 16.5. The average molecular weight is 142 g/mol. The van der Waals surface area contributed by atoms with Crippen molar-refractivity contribution < 1.29 is 4.74 Å². The van der Waals surface area contributed by atoms with Crippen LogP contribution >= 0.6 is 0 Å². The topological polar surface area (TPSA) is 9.23 Å². The predicted octanol–water partition coefficient (Wildman–Crippen LogP) is 2.75. The van der Waals surface area contributed by atoms with E-state index in [9.17, 15) is 0 Å². The molecule has 0 radical (unpaired) electrons. The molecule has 0 saturated carbocycles. The minimum absolute atomic E-state index is 0.246. The van der Waals surface area contributed by atoms with Gasteiger partial charge in [0.05, 0.1) is 5.60 Å². The molecule has 1 nitrogen and oxygen atoms in total. The molecular weight excluding hydrogens is 124 g/mol. The molecule has 0 aromatic carbocycles. The molecule has 1 unspecified atom stereocenters. The van der Waals surface area contributed by atoms with Crippen molar-refractivity contribution >= 4 is 0 Å². The molecule has 0 aromatic heterocycles. The zero-order chi connectivity index (χ0) is 7.45. The minimum Gasteiger partial charge on any atom is -0.375 e. The Bertz CT molecular complexity index is 92.9. The summed E-state index contributed by atoms with van der Waals surface area (Å²) in [5.41, 5.74) is 0.246. The van der Waals surface area contributed by atoms with Crippen molar-refractivity contribution in [1.82, 2.24) is 0 Å². The fourth-order valence-corrected chi connectivity index (χ4v) is 1.58. The molecule has 1 heterocycles. The van der Waals surface area contributed by atoms with Crippen molar-refractivity contribution in [1.29, 1.82) is 0 Å². The van der Waals surface area contributed by atoms with E-state index in [0.29, 0.717) is 0 Å². The lowest BCUT2D eigenvalue weighted by Gasteiger charge is -2.22. The number of hydrogen-bond acceptors (Lipinski definition) is 1. The van der Waals surface area contributed by atoms with Crippen LogP contribution in [0.25, 0.3) is 0 Å². The van der Waals surface area contributed by atoms with Gasteiger partial charge in [-0.3, -0.25) is 0 Å². The number of ether oxygens (including phenoxy) is 1. The van der Waals surface area contributed by atoms with E-state index < -0.39 is 0 Å². The summed E-state index contributed by atoms with van der Waals surface area (Å²) in [6.07, 6.45) is 6.40. The highest BCUT2D eigenvalue weighted by molar-refractivity contribution is 4.79. The number of unbranched alkanes of at least 4 members (excludes halogenated alkanes) is 1. The second-order valence-corrected chi connectivity index (χ2v) is 3.51. The molecule has 1 aliphatic heterocycles. The maximum absolute atomic E-state index is 5.64. The van der Waals surface area contributed by atoms with Crippen LogP contribution in [0.2, 0.25) is 0 Å². The molecule has 60 valence electrons. The molecule has 10 heavy (non-hydrogen) atoms. The summed E-state index contributed by atoms with van der Waals surface area (Å²) in [4.78, 5) is 0. The van der Waals surface area contributed by atoms with Crippen molar-refractivity contribution in [2.24, 2.45) is 0 Å². The molecule has 0 bridgehead atoms. The van der Waals surface area contributed by atoms with E-state index in [-0.39, 0.29) is 5.60 Å². The Kier molecular flexibility index (Phi) is 2.72. The van der Waals surface area contributed by atoms with E-state index in [1.807, 2.05) is 0 Å². The average Bonchev–Trinajstić information content (AvgIpc) is 2.33. The lowest BCUT2D eigenvalue weighted by atomic mass is 9.96. The number of rotatable bonds is 3. The van der Waals surface area contributed by atoms with Gasteiger partial charge in [-0.25, -0.2) is 0 Å². The molecule has 0 aromatic rings. The lowest BCUT2D eigenvalue weighted by molar-refractivity contribution is 0.0117. The monoisotopic (exact) mass is 142 g/mol. The molecule has 1 aliphatic rings. The van der Waals surface area contributed by atoms with E-state index in [4.69, 9.17) is 4.74 Å². The first kappa shape index (κ1) is 8.06. The van der Waals surface area contributed by atoms with Crippen molar-refractivity contribution in [3.63, 3.8) is 0 Å². The van der Waals surface area contributed by atoms with Crippen LogP contribution in [-0.2, 0) is 4.74 Å². The molecule has 1 rings (SSSR count). The van der Waals surface area contributed by atoms with E-state index in [0.717, 1.165) is 6.61 Å². The third-order valence-electron chi connectivity index (χ3n) is 2.36. The van der Waals surface area contributed by atoms with Gasteiger partial charge in [-0.05, 0) is 26.2 Å². The normalized spacial score (nSPS) is 33.0. The van der Waals surface area contributed by atoms with E-state index in [1.165, 1.54) is 32.1 Å². The molecule has 0 spiro atoms. The molecular formula is C9H18O. The zero-order valence-electron chi connectivity index (χ0n) is 7.15. The van der Waals surface area contributed by atoms with Gasteiger partial charge in [0.2, 0.25) is 0 Å². The highest BCUT2D eigenvalue weighted by Crippen LogP contribution is 2.29. The van der Waals surface area contributed by atoms with Gasteiger partial charge < -0.3 is 4.74 Å². The first-order valence-electron chi connectivity index (χ1n) is 4.41. The Morgan fingerprint density at radius 3 is 2.80 bits per heavy atom. The standard InChI is InChI=1S/C9H18O/c1-3-4-6-9(2)7-5-8-10-9/h3-8H2,1-2H3. The van der Waals surface area contributed by atoms with Gasteiger partial charge in [0, 0.05) is 6.61 Å². The van der Waals surface area contributed by atoms with E-state index in [2.05, 4.69) is 13.8 Å².